The van der Waals surface area contributed by atoms with Gasteiger partial charge in [-0.05, 0) is 55.8 Å². The molecule has 0 aromatic heterocycles. The van der Waals surface area contributed by atoms with Crippen molar-refractivity contribution < 1.29 is 4.79 Å². The predicted octanol–water partition coefficient (Wildman–Crippen LogP) is 2.49. The van der Waals surface area contributed by atoms with Crippen molar-refractivity contribution in [3.05, 3.63) is 70.8 Å². The van der Waals surface area contributed by atoms with Crippen LogP contribution in [0.15, 0.2) is 48.5 Å². The normalized spacial score (nSPS) is 18.0. The van der Waals surface area contributed by atoms with Crippen molar-refractivity contribution in [3.63, 3.8) is 0 Å². The van der Waals surface area contributed by atoms with Crippen molar-refractivity contribution in [2.45, 2.75) is 57.8 Å². The number of likely N-dealkylation sites (tertiary alicyclic amines) is 1. The lowest BCUT2D eigenvalue weighted by atomic mass is 10.0. The summed E-state index contributed by atoms with van der Waals surface area (Å²) in [4.78, 5) is 15.0. The van der Waals surface area contributed by atoms with E-state index in [2.05, 4.69) is 41.4 Å². The lowest BCUT2D eigenvalue weighted by Crippen LogP contribution is -2.47. The SMILES string of the molecule is Cc1cccc(CCC(N)CN2CCC[C@H]2C(=O)NCc2ccc(CN)cc2)c1. The molecule has 2 atom stereocenters. The van der Waals surface area contributed by atoms with Crippen molar-refractivity contribution in [2.24, 2.45) is 11.5 Å². The van der Waals surface area contributed by atoms with Crippen LogP contribution < -0.4 is 16.8 Å². The number of hydrogen-bond acceptors (Lipinski definition) is 4. The molecule has 1 heterocycles. The number of benzene rings is 2. The van der Waals surface area contributed by atoms with Crippen LogP contribution in [-0.2, 0) is 24.3 Å². The van der Waals surface area contributed by atoms with Gasteiger partial charge in [-0.2, -0.15) is 0 Å². The second-order valence-electron chi connectivity index (χ2n) is 8.18. The van der Waals surface area contributed by atoms with Crippen LogP contribution in [0.2, 0.25) is 0 Å². The minimum atomic E-state index is -0.0664. The van der Waals surface area contributed by atoms with Crippen molar-refractivity contribution in [1.29, 1.82) is 0 Å². The fourth-order valence-electron chi connectivity index (χ4n) is 4.05. The average Bonchev–Trinajstić information content (AvgIpc) is 3.19. The quantitative estimate of drug-likeness (QED) is 0.610. The molecule has 1 unspecified atom stereocenters. The largest absolute Gasteiger partial charge is 0.351 e. The van der Waals surface area contributed by atoms with E-state index < -0.39 is 0 Å². The van der Waals surface area contributed by atoms with E-state index in [9.17, 15) is 4.79 Å². The molecule has 1 saturated heterocycles. The van der Waals surface area contributed by atoms with Gasteiger partial charge in [0.1, 0.15) is 0 Å². The minimum absolute atomic E-state index is 0.0664. The highest BCUT2D eigenvalue weighted by Gasteiger charge is 2.31. The molecule has 5 heteroatoms. The van der Waals surface area contributed by atoms with E-state index >= 15 is 0 Å². The Hall–Kier alpha value is -2.21. The molecular weight excluding hydrogens is 360 g/mol. The Morgan fingerprint density at radius 3 is 2.66 bits per heavy atom. The molecule has 1 aliphatic rings. The first-order valence-corrected chi connectivity index (χ1v) is 10.7. The number of carbonyl (C=O) groups excluding carboxylic acids is 1. The summed E-state index contributed by atoms with van der Waals surface area (Å²) in [7, 11) is 0. The van der Waals surface area contributed by atoms with E-state index in [0.29, 0.717) is 13.1 Å². The second kappa shape index (κ2) is 10.5. The molecule has 0 aliphatic carbocycles. The van der Waals surface area contributed by atoms with Crippen LogP contribution in [0, 0.1) is 6.92 Å². The van der Waals surface area contributed by atoms with E-state index in [-0.39, 0.29) is 18.0 Å². The zero-order valence-electron chi connectivity index (χ0n) is 17.4. The number of nitrogens with zero attached hydrogens (tertiary/aromatic N) is 1. The highest BCUT2D eigenvalue weighted by Crippen LogP contribution is 2.19. The van der Waals surface area contributed by atoms with Gasteiger partial charge in [-0.15, -0.1) is 0 Å². The van der Waals surface area contributed by atoms with Gasteiger partial charge in [-0.3, -0.25) is 9.69 Å². The molecule has 2 aromatic rings. The van der Waals surface area contributed by atoms with Crippen LogP contribution in [0.3, 0.4) is 0 Å². The summed E-state index contributed by atoms with van der Waals surface area (Å²) in [5.41, 5.74) is 16.9. The highest BCUT2D eigenvalue weighted by atomic mass is 16.2. The molecule has 1 aliphatic heterocycles. The van der Waals surface area contributed by atoms with Gasteiger partial charge >= 0.3 is 0 Å². The Morgan fingerprint density at radius 2 is 1.93 bits per heavy atom. The molecule has 0 saturated carbocycles. The lowest BCUT2D eigenvalue weighted by Gasteiger charge is -2.26. The summed E-state index contributed by atoms with van der Waals surface area (Å²) in [5.74, 6) is 0.108. The second-order valence-corrected chi connectivity index (χ2v) is 8.18. The first-order chi connectivity index (χ1) is 14.0. The van der Waals surface area contributed by atoms with Crippen LogP contribution in [0.4, 0.5) is 0 Å². The Morgan fingerprint density at radius 1 is 1.17 bits per heavy atom. The fraction of sp³-hybridized carbons (Fsp3) is 0.458. The van der Waals surface area contributed by atoms with Gasteiger partial charge < -0.3 is 16.8 Å². The van der Waals surface area contributed by atoms with Crippen LogP contribution in [0.5, 0.6) is 0 Å². The van der Waals surface area contributed by atoms with E-state index in [4.69, 9.17) is 11.5 Å². The van der Waals surface area contributed by atoms with Gasteiger partial charge in [0.2, 0.25) is 5.91 Å². The van der Waals surface area contributed by atoms with E-state index in [1.807, 2.05) is 24.3 Å². The maximum absolute atomic E-state index is 12.7. The molecule has 3 rings (SSSR count). The molecule has 1 amide bonds. The number of amides is 1. The Balaban J connectivity index is 1.46. The maximum Gasteiger partial charge on any atom is 0.237 e. The molecule has 1 fully saturated rings. The number of aryl methyl sites for hydroxylation is 2. The monoisotopic (exact) mass is 394 g/mol. The third-order valence-electron chi connectivity index (χ3n) is 5.75. The summed E-state index contributed by atoms with van der Waals surface area (Å²) in [6.45, 7) is 4.92. The number of nitrogens with one attached hydrogen (secondary N) is 1. The maximum atomic E-state index is 12.7. The van der Waals surface area contributed by atoms with Gasteiger partial charge in [-0.1, -0.05) is 54.1 Å². The van der Waals surface area contributed by atoms with Gasteiger partial charge in [-0.25, -0.2) is 0 Å². The number of nitrogens with two attached hydrogens (primary N) is 2. The Bertz CT molecular complexity index is 790. The van der Waals surface area contributed by atoms with E-state index in [1.54, 1.807) is 0 Å². The summed E-state index contributed by atoms with van der Waals surface area (Å²) in [5, 5.41) is 3.09. The Kier molecular flexibility index (Phi) is 7.81. The summed E-state index contributed by atoms with van der Waals surface area (Å²) < 4.78 is 0. The van der Waals surface area contributed by atoms with E-state index in [0.717, 1.165) is 49.9 Å². The predicted molar refractivity (Wildman–Crippen MR) is 118 cm³/mol. The first-order valence-electron chi connectivity index (χ1n) is 10.7. The molecule has 5 nitrogen and oxygen atoms in total. The summed E-state index contributed by atoms with van der Waals surface area (Å²) in [6.07, 6.45) is 3.87. The molecule has 0 radical (unpaired) electrons. The van der Waals surface area contributed by atoms with Crippen LogP contribution in [-0.4, -0.2) is 36.0 Å². The van der Waals surface area contributed by atoms with E-state index in [1.165, 1.54) is 11.1 Å². The molecule has 156 valence electrons. The first kappa shape index (κ1) is 21.5. The number of hydrogen-bond donors (Lipinski definition) is 3. The number of rotatable bonds is 9. The zero-order chi connectivity index (χ0) is 20.6. The van der Waals surface area contributed by atoms with Gasteiger partial charge in [0.05, 0.1) is 6.04 Å². The zero-order valence-corrected chi connectivity index (χ0v) is 17.4. The fourth-order valence-corrected chi connectivity index (χ4v) is 4.05. The van der Waals surface area contributed by atoms with Gasteiger partial charge in [0, 0.05) is 25.7 Å². The third kappa shape index (κ3) is 6.39. The van der Waals surface area contributed by atoms with Crippen molar-refractivity contribution in [3.8, 4) is 0 Å². The van der Waals surface area contributed by atoms with Crippen LogP contribution in [0.1, 0.15) is 41.5 Å². The molecule has 29 heavy (non-hydrogen) atoms. The minimum Gasteiger partial charge on any atom is -0.351 e. The van der Waals surface area contributed by atoms with Crippen LogP contribution >= 0.6 is 0 Å². The van der Waals surface area contributed by atoms with Crippen molar-refractivity contribution in [2.75, 3.05) is 13.1 Å². The molecule has 2 aromatic carbocycles. The highest BCUT2D eigenvalue weighted by molar-refractivity contribution is 5.82. The van der Waals surface area contributed by atoms with Gasteiger partial charge in [0.25, 0.3) is 0 Å². The Labute approximate surface area is 174 Å². The number of carbonyl (C=O) groups is 1. The molecule has 0 spiro atoms. The molecular formula is C24H34N4O. The van der Waals surface area contributed by atoms with Crippen molar-refractivity contribution in [1.82, 2.24) is 10.2 Å². The topological polar surface area (TPSA) is 84.4 Å². The smallest absolute Gasteiger partial charge is 0.237 e. The standard InChI is InChI=1S/C24H34N4O/c1-18-4-2-5-19(14-18)11-12-22(26)17-28-13-3-6-23(28)24(29)27-16-21-9-7-20(15-25)8-10-21/h2,4-5,7-10,14,22-23H,3,6,11-13,15-17,25-26H2,1H3,(H,27,29)/t22?,23-/m0/s1. The average molecular weight is 395 g/mol. The molecule has 0 bridgehead atoms. The summed E-state index contributed by atoms with van der Waals surface area (Å²) >= 11 is 0. The lowest BCUT2D eigenvalue weighted by molar-refractivity contribution is -0.125. The van der Waals surface area contributed by atoms with Crippen LogP contribution in [0.25, 0.3) is 0 Å². The van der Waals surface area contributed by atoms with Crippen molar-refractivity contribution >= 4 is 5.91 Å². The summed E-state index contributed by atoms with van der Waals surface area (Å²) in [6, 6.07) is 16.7. The van der Waals surface area contributed by atoms with Gasteiger partial charge in [0.15, 0.2) is 0 Å². The molecule has 5 N–H and O–H groups in total. The third-order valence-corrected chi connectivity index (χ3v) is 5.75.